The number of aryl methyl sites for hydroxylation is 2. The summed E-state index contributed by atoms with van der Waals surface area (Å²) in [5.41, 5.74) is 2.62. The Bertz CT molecular complexity index is 1830. The van der Waals surface area contributed by atoms with E-state index >= 15 is 0 Å². The third-order valence-electron chi connectivity index (χ3n) is 7.24. The molecule has 1 saturated carbocycles. The van der Waals surface area contributed by atoms with Gasteiger partial charge in [0, 0.05) is 31.7 Å². The van der Waals surface area contributed by atoms with Crippen LogP contribution in [0.2, 0.25) is 0 Å². The van der Waals surface area contributed by atoms with E-state index in [9.17, 15) is 18.0 Å². The predicted molar refractivity (Wildman–Crippen MR) is 155 cm³/mol. The number of sulfonamides is 1. The highest BCUT2D eigenvalue weighted by Gasteiger charge is 2.29. The first-order valence-corrected chi connectivity index (χ1v) is 15.3. The molecule has 0 atom stereocenters. The number of hydrogen-bond acceptors (Lipinski definition) is 6. The zero-order valence-corrected chi connectivity index (χ0v) is 24.7. The number of aromatic nitrogens is 5. The van der Waals surface area contributed by atoms with E-state index in [2.05, 4.69) is 43.0 Å². The molecule has 39 heavy (non-hydrogen) atoms. The fraction of sp³-hybridized carbons (Fsp3) is 0.444. The van der Waals surface area contributed by atoms with Crippen LogP contribution in [0.4, 0.5) is 0 Å². The van der Waals surface area contributed by atoms with Crippen LogP contribution in [0.3, 0.4) is 0 Å². The molecule has 0 spiro atoms. The second-order valence-electron chi connectivity index (χ2n) is 10.6. The SMILES string of the molecule is CNS(=O)(=O)c1cc(-c2c3c(=O)n(C)c(=O)n(CC4CC4)c3nn2Cc2csc(C)c2/C=C\C(C)C)n(C)c1. The minimum atomic E-state index is -3.72. The quantitative estimate of drug-likeness (QED) is 0.332. The van der Waals surface area contributed by atoms with Crippen LogP contribution < -0.4 is 16.0 Å². The van der Waals surface area contributed by atoms with Crippen LogP contribution in [-0.4, -0.2) is 38.9 Å². The first-order chi connectivity index (χ1) is 18.4. The van der Waals surface area contributed by atoms with Crippen molar-refractivity contribution in [2.75, 3.05) is 7.05 Å². The molecule has 1 aliphatic rings. The van der Waals surface area contributed by atoms with E-state index in [-0.39, 0.29) is 4.90 Å². The first-order valence-electron chi connectivity index (χ1n) is 13.0. The highest BCUT2D eigenvalue weighted by Crippen LogP contribution is 2.34. The fourth-order valence-electron chi connectivity index (χ4n) is 4.80. The summed E-state index contributed by atoms with van der Waals surface area (Å²) in [6.45, 7) is 7.16. The highest BCUT2D eigenvalue weighted by atomic mass is 32.2. The molecule has 4 aromatic heterocycles. The van der Waals surface area contributed by atoms with E-state index in [1.807, 2.05) is 0 Å². The Morgan fingerprint density at radius 2 is 1.95 bits per heavy atom. The monoisotopic (exact) mass is 570 g/mol. The smallest absolute Gasteiger partial charge is 0.332 e. The molecule has 0 aliphatic heterocycles. The summed E-state index contributed by atoms with van der Waals surface area (Å²) in [4.78, 5) is 28.1. The molecule has 208 valence electrons. The van der Waals surface area contributed by atoms with Crippen molar-refractivity contribution in [2.24, 2.45) is 25.9 Å². The van der Waals surface area contributed by atoms with Gasteiger partial charge < -0.3 is 4.57 Å². The van der Waals surface area contributed by atoms with Gasteiger partial charge in [0.05, 0.1) is 12.2 Å². The summed E-state index contributed by atoms with van der Waals surface area (Å²) in [5, 5.41) is 7.26. The lowest BCUT2D eigenvalue weighted by molar-refractivity contribution is 0.572. The van der Waals surface area contributed by atoms with Crippen molar-refractivity contribution >= 4 is 38.5 Å². The molecule has 4 heterocycles. The number of hydrogen-bond donors (Lipinski definition) is 1. The molecule has 0 amide bonds. The van der Waals surface area contributed by atoms with Crippen LogP contribution in [0.1, 0.15) is 42.7 Å². The lowest BCUT2D eigenvalue weighted by Gasteiger charge is -2.10. The molecule has 10 nitrogen and oxygen atoms in total. The van der Waals surface area contributed by atoms with Crippen LogP contribution in [0.5, 0.6) is 0 Å². The minimum absolute atomic E-state index is 0.0819. The maximum absolute atomic E-state index is 13.6. The van der Waals surface area contributed by atoms with E-state index < -0.39 is 21.3 Å². The van der Waals surface area contributed by atoms with E-state index in [4.69, 9.17) is 5.10 Å². The van der Waals surface area contributed by atoms with E-state index in [0.717, 1.165) is 28.5 Å². The van der Waals surface area contributed by atoms with Crippen LogP contribution >= 0.6 is 11.3 Å². The third kappa shape index (κ3) is 4.96. The minimum Gasteiger partial charge on any atom is -0.348 e. The number of rotatable bonds is 9. The van der Waals surface area contributed by atoms with Crippen molar-refractivity contribution in [1.82, 2.24) is 28.2 Å². The van der Waals surface area contributed by atoms with Crippen LogP contribution in [0.15, 0.2) is 38.2 Å². The molecule has 4 aromatic rings. The van der Waals surface area contributed by atoms with Gasteiger partial charge in [0.1, 0.15) is 16.0 Å². The Morgan fingerprint density at radius 3 is 2.59 bits per heavy atom. The Balaban J connectivity index is 1.80. The summed E-state index contributed by atoms with van der Waals surface area (Å²) in [7, 11) is 0.857. The number of nitrogens with zero attached hydrogens (tertiary/aromatic N) is 5. The number of fused-ring (bicyclic) bond motifs is 1. The fourth-order valence-corrected chi connectivity index (χ4v) is 6.45. The van der Waals surface area contributed by atoms with Crippen molar-refractivity contribution in [3.8, 4) is 11.4 Å². The van der Waals surface area contributed by atoms with Gasteiger partial charge in [-0.05, 0) is 61.2 Å². The van der Waals surface area contributed by atoms with Crippen LogP contribution in [-0.2, 0) is 37.2 Å². The lowest BCUT2D eigenvalue weighted by atomic mass is 10.1. The number of allylic oxidation sites excluding steroid dienone is 1. The molecule has 0 saturated heterocycles. The molecule has 0 radical (unpaired) electrons. The van der Waals surface area contributed by atoms with Crippen molar-refractivity contribution in [3.05, 3.63) is 60.6 Å². The molecular weight excluding hydrogens is 536 g/mol. The Kier molecular flexibility index (Phi) is 7.06. The largest absolute Gasteiger partial charge is 0.348 e. The Labute approximate surface area is 231 Å². The normalized spacial score (nSPS) is 14.4. The number of nitrogens with one attached hydrogen (secondary N) is 1. The van der Waals surface area contributed by atoms with Gasteiger partial charge in [-0.1, -0.05) is 26.0 Å². The van der Waals surface area contributed by atoms with Crippen LogP contribution in [0, 0.1) is 18.8 Å². The van der Waals surface area contributed by atoms with Crippen molar-refractivity contribution in [1.29, 1.82) is 0 Å². The highest BCUT2D eigenvalue weighted by molar-refractivity contribution is 7.89. The van der Waals surface area contributed by atoms with Crippen LogP contribution in [0.25, 0.3) is 28.5 Å². The lowest BCUT2D eigenvalue weighted by Crippen LogP contribution is -2.38. The summed E-state index contributed by atoms with van der Waals surface area (Å²) in [6, 6.07) is 1.55. The zero-order chi connectivity index (χ0) is 28.2. The average molecular weight is 571 g/mol. The van der Waals surface area contributed by atoms with Gasteiger partial charge in [-0.25, -0.2) is 17.9 Å². The topological polar surface area (TPSA) is 113 Å². The van der Waals surface area contributed by atoms with Crippen molar-refractivity contribution < 1.29 is 8.42 Å². The Hall–Kier alpha value is -3.22. The molecular formula is C27H34N6O4S2. The summed E-state index contributed by atoms with van der Waals surface area (Å²) in [5.74, 6) is 0.766. The van der Waals surface area contributed by atoms with E-state index in [1.54, 1.807) is 38.3 Å². The average Bonchev–Trinajstić information content (AvgIpc) is 3.37. The van der Waals surface area contributed by atoms with E-state index in [0.29, 0.717) is 47.3 Å². The van der Waals surface area contributed by atoms with E-state index in [1.165, 1.54) is 25.2 Å². The summed E-state index contributed by atoms with van der Waals surface area (Å²) >= 11 is 1.65. The molecule has 1 fully saturated rings. The molecule has 1 aliphatic carbocycles. The van der Waals surface area contributed by atoms with Gasteiger partial charge in [0.25, 0.3) is 5.56 Å². The standard InChI is InChI=1S/C27H34N6O4S2/c1-16(2)7-10-21-17(3)38-15-19(21)13-33-24(22-11-20(14-30(22)5)39(36,37)28-4)23-25(29-33)32(12-18-8-9-18)27(35)31(6)26(23)34/h7,10-11,14-16,18,28H,8-9,12-13H2,1-6H3/b10-7-. The molecule has 12 heteroatoms. The van der Waals surface area contributed by atoms with Gasteiger partial charge in [0.2, 0.25) is 10.0 Å². The zero-order valence-electron chi connectivity index (χ0n) is 23.1. The van der Waals surface area contributed by atoms with Crippen molar-refractivity contribution in [2.45, 2.75) is 51.6 Å². The molecule has 0 bridgehead atoms. The third-order valence-corrected chi connectivity index (χ3v) is 9.59. The number of thiophene rings is 1. The second kappa shape index (κ2) is 10.1. The predicted octanol–water partition coefficient (Wildman–Crippen LogP) is 3.31. The van der Waals surface area contributed by atoms with Gasteiger partial charge in [0.15, 0.2) is 5.65 Å². The van der Waals surface area contributed by atoms with Gasteiger partial charge >= 0.3 is 5.69 Å². The second-order valence-corrected chi connectivity index (χ2v) is 13.6. The van der Waals surface area contributed by atoms with Gasteiger partial charge in [-0.2, -0.15) is 5.10 Å². The summed E-state index contributed by atoms with van der Waals surface area (Å²) < 4.78 is 33.8. The maximum Gasteiger partial charge on any atom is 0.332 e. The molecule has 5 rings (SSSR count). The maximum atomic E-state index is 13.6. The summed E-state index contributed by atoms with van der Waals surface area (Å²) in [6.07, 6.45) is 7.85. The molecule has 0 unspecified atom stereocenters. The van der Waals surface area contributed by atoms with Gasteiger partial charge in [-0.3, -0.25) is 18.6 Å². The molecule has 1 N–H and O–H groups in total. The Morgan fingerprint density at radius 1 is 1.23 bits per heavy atom. The molecule has 0 aromatic carbocycles. The van der Waals surface area contributed by atoms with Crippen molar-refractivity contribution in [3.63, 3.8) is 0 Å². The van der Waals surface area contributed by atoms with Gasteiger partial charge in [-0.15, -0.1) is 11.3 Å². The first kappa shape index (κ1) is 27.4.